The van der Waals surface area contributed by atoms with Crippen molar-refractivity contribution in [1.29, 1.82) is 0 Å². The average molecular weight is 369 g/mol. The number of nitrogens with zero attached hydrogens (tertiary/aromatic N) is 3. The molecule has 5 nitrogen and oxygen atoms in total. The number of nitrogens with one attached hydrogen (secondary N) is 1. The lowest BCUT2D eigenvalue weighted by molar-refractivity contribution is 0.0708. The number of hydrogen-bond donors (Lipinski definition) is 1. The van der Waals surface area contributed by atoms with E-state index in [2.05, 4.69) is 22.5 Å². The molecule has 0 saturated carbocycles. The van der Waals surface area contributed by atoms with Crippen molar-refractivity contribution in [2.24, 2.45) is 0 Å². The Morgan fingerprint density at radius 1 is 1.31 bits per heavy atom. The Kier molecular flexibility index (Phi) is 4.78. The first-order valence-corrected chi connectivity index (χ1v) is 9.94. The maximum absolute atomic E-state index is 13.0. The van der Waals surface area contributed by atoms with Crippen molar-refractivity contribution < 1.29 is 4.79 Å². The topological polar surface area (TPSA) is 50.2 Å². The van der Waals surface area contributed by atoms with Gasteiger partial charge < -0.3 is 10.2 Å². The minimum atomic E-state index is 0.128. The quantitative estimate of drug-likeness (QED) is 0.769. The molecule has 1 saturated heterocycles. The average Bonchev–Trinajstić information content (AvgIpc) is 3.24. The molecule has 0 atom stereocenters. The highest BCUT2D eigenvalue weighted by molar-refractivity contribution is 7.20. The van der Waals surface area contributed by atoms with Gasteiger partial charge in [-0.3, -0.25) is 9.48 Å². The van der Waals surface area contributed by atoms with Gasteiger partial charge in [-0.2, -0.15) is 5.10 Å². The molecule has 26 heavy (non-hydrogen) atoms. The third-order valence-electron chi connectivity index (χ3n) is 5.17. The van der Waals surface area contributed by atoms with Crippen molar-refractivity contribution in [2.75, 3.05) is 20.1 Å². The van der Waals surface area contributed by atoms with Crippen LogP contribution in [-0.4, -0.2) is 46.8 Å². The van der Waals surface area contributed by atoms with E-state index in [0.29, 0.717) is 6.04 Å². The Balaban J connectivity index is 1.61. The van der Waals surface area contributed by atoms with Crippen LogP contribution in [0.4, 0.5) is 0 Å². The molecule has 136 valence electrons. The van der Waals surface area contributed by atoms with Crippen LogP contribution < -0.4 is 5.32 Å². The maximum atomic E-state index is 13.0. The van der Waals surface area contributed by atoms with E-state index >= 15 is 0 Å². The van der Waals surface area contributed by atoms with E-state index in [9.17, 15) is 4.79 Å². The van der Waals surface area contributed by atoms with Gasteiger partial charge in [-0.25, -0.2) is 0 Å². The summed E-state index contributed by atoms with van der Waals surface area (Å²) in [5.41, 5.74) is 2.20. The molecule has 0 unspecified atom stereocenters. The smallest absolute Gasteiger partial charge is 0.264 e. The fraction of sp³-hybridized carbons (Fsp3) is 0.400. The SMILES string of the molecule is Cc1nn(Cc2ccccc2)c2sc(C(=O)N(C)C3CCNCC3)cc12. The Morgan fingerprint density at radius 2 is 2.04 bits per heavy atom. The van der Waals surface area contributed by atoms with E-state index in [1.807, 2.05) is 47.8 Å². The summed E-state index contributed by atoms with van der Waals surface area (Å²) in [5, 5.41) is 9.12. The van der Waals surface area contributed by atoms with Crippen molar-refractivity contribution in [1.82, 2.24) is 20.0 Å². The second-order valence-electron chi connectivity index (χ2n) is 6.96. The Hall–Kier alpha value is -2.18. The molecular weight excluding hydrogens is 344 g/mol. The largest absolute Gasteiger partial charge is 0.338 e. The van der Waals surface area contributed by atoms with E-state index in [1.54, 1.807) is 11.3 Å². The second-order valence-corrected chi connectivity index (χ2v) is 7.99. The molecule has 4 rings (SSSR count). The number of fused-ring (bicyclic) bond motifs is 1. The van der Waals surface area contributed by atoms with Crippen LogP contribution in [0.1, 0.15) is 33.8 Å². The number of amides is 1. The molecule has 1 fully saturated rings. The number of piperidine rings is 1. The molecule has 0 spiro atoms. The Bertz CT molecular complexity index is 909. The summed E-state index contributed by atoms with van der Waals surface area (Å²) in [6.45, 7) is 4.71. The molecule has 2 aromatic heterocycles. The Labute approximate surface area is 157 Å². The highest BCUT2D eigenvalue weighted by atomic mass is 32.1. The van der Waals surface area contributed by atoms with Gasteiger partial charge in [0.2, 0.25) is 0 Å². The summed E-state index contributed by atoms with van der Waals surface area (Å²) < 4.78 is 2.02. The first-order valence-electron chi connectivity index (χ1n) is 9.12. The number of carbonyl (C=O) groups is 1. The third-order valence-corrected chi connectivity index (χ3v) is 6.31. The highest BCUT2D eigenvalue weighted by Crippen LogP contribution is 2.30. The Morgan fingerprint density at radius 3 is 2.77 bits per heavy atom. The van der Waals surface area contributed by atoms with Gasteiger partial charge in [0.25, 0.3) is 5.91 Å². The minimum Gasteiger partial charge on any atom is -0.338 e. The zero-order valence-electron chi connectivity index (χ0n) is 15.2. The number of benzene rings is 1. The van der Waals surface area contributed by atoms with E-state index in [4.69, 9.17) is 0 Å². The number of carbonyl (C=O) groups excluding carboxylic acids is 1. The zero-order chi connectivity index (χ0) is 18.1. The predicted molar refractivity (Wildman–Crippen MR) is 106 cm³/mol. The van der Waals surface area contributed by atoms with E-state index < -0.39 is 0 Å². The van der Waals surface area contributed by atoms with Crippen LogP contribution in [0.3, 0.4) is 0 Å². The fourth-order valence-corrected chi connectivity index (χ4v) is 4.76. The monoisotopic (exact) mass is 368 g/mol. The molecule has 0 radical (unpaired) electrons. The van der Waals surface area contributed by atoms with Gasteiger partial charge in [0.1, 0.15) is 4.83 Å². The van der Waals surface area contributed by atoms with Gasteiger partial charge in [-0.1, -0.05) is 30.3 Å². The summed E-state index contributed by atoms with van der Waals surface area (Å²) in [6, 6.07) is 12.7. The van der Waals surface area contributed by atoms with Crippen molar-refractivity contribution in [2.45, 2.75) is 32.4 Å². The molecule has 1 aliphatic heterocycles. The first kappa shape index (κ1) is 17.2. The van der Waals surface area contributed by atoms with Crippen LogP contribution in [0.5, 0.6) is 0 Å². The summed E-state index contributed by atoms with van der Waals surface area (Å²) in [4.78, 5) is 16.8. The zero-order valence-corrected chi connectivity index (χ0v) is 16.1. The van der Waals surface area contributed by atoms with E-state index in [1.165, 1.54) is 5.56 Å². The molecule has 0 bridgehead atoms. The lowest BCUT2D eigenvalue weighted by Crippen LogP contribution is -2.43. The van der Waals surface area contributed by atoms with E-state index in [0.717, 1.165) is 53.3 Å². The second kappa shape index (κ2) is 7.21. The maximum Gasteiger partial charge on any atom is 0.264 e. The van der Waals surface area contributed by atoms with Gasteiger partial charge in [-0.05, 0) is 44.5 Å². The molecule has 6 heteroatoms. The number of aromatic nitrogens is 2. The van der Waals surface area contributed by atoms with Crippen molar-refractivity contribution in [3.63, 3.8) is 0 Å². The lowest BCUT2D eigenvalue weighted by Gasteiger charge is -2.31. The summed E-state index contributed by atoms with van der Waals surface area (Å²) >= 11 is 1.56. The standard InChI is InChI=1S/C20H24N4OS/c1-14-17-12-18(19(25)23(2)16-8-10-21-11-9-16)26-20(17)24(22-14)13-15-6-4-3-5-7-15/h3-7,12,16,21H,8-11,13H2,1-2H3. The van der Waals surface area contributed by atoms with Crippen molar-refractivity contribution in [3.8, 4) is 0 Å². The van der Waals surface area contributed by atoms with Crippen LogP contribution in [-0.2, 0) is 6.54 Å². The van der Waals surface area contributed by atoms with Gasteiger partial charge >= 0.3 is 0 Å². The lowest BCUT2D eigenvalue weighted by atomic mass is 10.1. The van der Waals surface area contributed by atoms with Crippen LogP contribution in [0.15, 0.2) is 36.4 Å². The van der Waals surface area contributed by atoms with Gasteiger partial charge in [0, 0.05) is 18.5 Å². The molecule has 3 heterocycles. The molecule has 1 amide bonds. The summed E-state index contributed by atoms with van der Waals surface area (Å²) in [5.74, 6) is 0.128. The molecule has 0 aliphatic carbocycles. The van der Waals surface area contributed by atoms with Crippen LogP contribution in [0, 0.1) is 6.92 Å². The van der Waals surface area contributed by atoms with Crippen molar-refractivity contribution >= 4 is 27.5 Å². The molecular formula is C20H24N4OS. The third kappa shape index (κ3) is 3.27. The normalized spacial score (nSPS) is 15.5. The van der Waals surface area contributed by atoms with E-state index in [-0.39, 0.29) is 5.91 Å². The van der Waals surface area contributed by atoms with Gasteiger partial charge in [-0.15, -0.1) is 11.3 Å². The predicted octanol–water partition coefficient (Wildman–Crippen LogP) is 3.28. The molecule has 3 aromatic rings. The number of aryl methyl sites for hydroxylation is 1. The summed E-state index contributed by atoms with van der Waals surface area (Å²) in [6.07, 6.45) is 2.04. The fourth-order valence-electron chi connectivity index (χ4n) is 3.62. The first-order chi connectivity index (χ1) is 12.6. The highest BCUT2D eigenvalue weighted by Gasteiger charge is 2.25. The van der Waals surface area contributed by atoms with Crippen molar-refractivity contribution in [3.05, 3.63) is 52.5 Å². The van der Waals surface area contributed by atoms with Crippen LogP contribution >= 0.6 is 11.3 Å². The number of thiophene rings is 1. The number of hydrogen-bond acceptors (Lipinski definition) is 4. The summed E-state index contributed by atoms with van der Waals surface area (Å²) in [7, 11) is 1.94. The van der Waals surface area contributed by atoms with Crippen LogP contribution in [0.2, 0.25) is 0 Å². The van der Waals surface area contributed by atoms with Gasteiger partial charge in [0.15, 0.2) is 0 Å². The molecule has 1 aliphatic rings. The van der Waals surface area contributed by atoms with Gasteiger partial charge in [0.05, 0.1) is 17.1 Å². The molecule has 1 aromatic carbocycles. The minimum absolute atomic E-state index is 0.128. The molecule has 1 N–H and O–H groups in total. The van der Waals surface area contributed by atoms with Crippen LogP contribution in [0.25, 0.3) is 10.2 Å². The number of rotatable bonds is 4.